The Morgan fingerprint density at radius 3 is 2.63 bits per heavy atom. The van der Waals surface area contributed by atoms with Crippen LogP contribution in [0.15, 0.2) is 36.8 Å². The van der Waals surface area contributed by atoms with Crippen LogP contribution in [0.25, 0.3) is 22.0 Å². The van der Waals surface area contributed by atoms with Crippen molar-refractivity contribution in [3.05, 3.63) is 52.4 Å². The quantitative estimate of drug-likeness (QED) is 0.724. The number of carbonyl (C=O) groups is 1. The average Bonchev–Trinajstić information content (AvgIpc) is 2.69. The Kier molecular flexibility index (Phi) is 4.86. The predicted octanol–water partition coefficient (Wildman–Crippen LogP) is 3.54. The summed E-state index contributed by atoms with van der Waals surface area (Å²) in [4.78, 5) is 23.0. The number of nitrogens with zero attached hydrogens (tertiary/aromatic N) is 3. The Morgan fingerprint density at radius 2 is 1.89 bits per heavy atom. The van der Waals surface area contributed by atoms with Gasteiger partial charge in [-0.1, -0.05) is 35.3 Å². The molecule has 2 aromatic heterocycles. The molecule has 6 nitrogen and oxygen atoms in total. The van der Waals surface area contributed by atoms with Crippen molar-refractivity contribution in [2.75, 3.05) is 31.2 Å². The lowest BCUT2D eigenvalue weighted by molar-refractivity contribution is 0.0998. The number of halogens is 2. The van der Waals surface area contributed by atoms with Gasteiger partial charge >= 0.3 is 0 Å². The number of amides is 1. The van der Waals surface area contributed by atoms with Gasteiger partial charge in [0, 0.05) is 48.2 Å². The van der Waals surface area contributed by atoms with E-state index >= 15 is 0 Å². The van der Waals surface area contributed by atoms with E-state index in [1.807, 2.05) is 12.1 Å². The summed E-state index contributed by atoms with van der Waals surface area (Å²) in [6, 6.07) is 5.41. The molecule has 4 rings (SSSR count). The smallest absolute Gasteiger partial charge is 0.252 e. The zero-order valence-electron chi connectivity index (χ0n) is 14.3. The summed E-state index contributed by atoms with van der Waals surface area (Å²) in [5.74, 6) is -0.530. The highest BCUT2D eigenvalue weighted by Gasteiger charge is 2.23. The minimum absolute atomic E-state index is 0.362. The summed E-state index contributed by atoms with van der Waals surface area (Å²) < 4.78 is 5.43. The second-order valence-electron chi connectivity index (χ2n) is 6.17. The van der Waals surface area contributed by atoms with Gasteiger partial charge in [0.25, 0.3) is 5.91 Å². The first-order valence-corrected chi connectivity index (χ1v) is 9.17. The van der Waals surface area contributed by atoms with Crippen LogP contribution in [0, 0.1) is 0 Å². The van der Waals surface area contributed by atoms with Crippen molar-refractivity contribution in [3.63, 3.8) is 0 Å². The average molecular weight is 403 g/mol. The Balaban J connectivity index is 1.99. The van der Waals surface area contributed by atoms with Crippen molar-refractivity contribution < 1.29 is 9.53 Å². The first-order valence-electron chi connectivity index (χ1n) is 8.41. The lowest BCUT2D eigenvalue weighted by Crippen LogP contribution is -2.37. The van der Waals surface area contributed by atoms with Crippen LogP contribution < -0.4 is 10.6 Å². The topological polar surface area (TPSA) is 81.3 Å². The first kappa shape index (κ1) is 18.0. The largest absolute Gasteiger partial charge is 0.378 e. The third kappa shape index (κ3) is 3.20. The Bertz CT molecular complexity index is 1040. The van der Waals surface area contributed by atoms with Gasteiger partial charge in [0.2, 0.25) is 0 Å². The molecule has 0 radical (unpaired) electrons. The predicted molar refractivity (Wildman–Crippen MR) is 107 cm³/mol. The molecule has 1 aliphatic heterocycles. The highest BCUT2D eigenvalue weighted by atomic mass is 35.5. The number of hydrogen-bond donors (Lipinski definition) is 1. The SMILES string of the molecule is NC(=O)c1cnc2c(-c3cccc(Cl)c3Cl)cncc2c1N1CCOCC1. The zero-order valence-corrected chi connectivity index (χ0v) is 15.8. The summed E-state index contributed by atoms with van der Waals surface area (Å²) in [5, 5.41) is 1.62. The fourth-order valence-electron chi connectivity index (χ4n) is 3.32. The second kappa shape index (κ2) is 7.31. The number of anilines is 1. The van der Waals surface area contributed by atoms with Crippen LogP contribution in [0.3, 0.4) is 0 Å². The number of hydrogen-bond acceptors (Lipinski definition) is 5. The maximum atomic E-state index is 12.0. The van der Waals surface area contributed by atoms with Crippen LogP contribution >= 0.6 is 23.2 Å². The normalized spacial score (nSPS) is 14.5. The summed E-state index contributed by atoms with van der Waals surface area (Å²) in [6.45, 7) is 2.47. The van der Waals surface area contributed by atoms with Gasteiger partial charge in [0.15, 0.2) is 0 Å². The number of pyridine rings is 2. The summed E-state index contributed by atoms with van der Waals surface area (Å²) in [6.07, 6.45) is 4.90. The molecule has 1 saturated heterocycles. The third-order valence-electron chi connectivity index (χ3n) is 4.59. The van der Waals surface area contributed by atoms with Gasteiger partial charge in [-0.05, 0) is 6.07 Å². The van der Waals surface area contributed by atoms with Crippen molar-refractivity contribution in [1.29, 1.82) is 0 Å². The zero-order chi connectivity index (χ0) is 19.0. The summed E-state index contributed by atoms with van der Waals surface area (Å²) >= 11 is 12.6. The third-order valence-corrected chi connectivity index (χ3v) is 5.40. The molecular formula is C19H16Cl2N4O2. The van der Waals surface area contributed by atoms with Crippen molar-refractivity contribution in [2.45, 2.75) is 0 Å². The monoisotopic (exact) mass is 402 g/mol. The van der Waals surface area contributed by atoms with Crippen LogP contribution in [0.1, 0.15) is 10.4 Å². The van der Waals surface area contributed by atoms with Gasteiger partial charge in [-0.25, -0.2) is 0 Å². The molecule has 27 heavy (non-hydrogen) atoms. The van der Waals surface area contributed by atoms with Crippen molar-refractivity contribution in [3.8, 4) is 11.1 Å². The van der Waals surface area contributed by atoms with E-state index in [0.29, 0.717) is 47.4 Å². The van der Waals surface area contributed by atoms with E-state index < -0.39 is 5.91 Å². The molecule has 0 spiro atoms. The molecule has 1 aromatic carbocycles. The van der Waals surface area contributed by atoms with Crippen molar-refractivity contribution in [1.82, 2.24) is 9.97 Å². The van der Waals surface area contributed by atoms with E-state index in [-0.39, 0.29) is 0 Å². The first-order chi connectivity index (χ1) is 13.1. The highest BCUT2D eigenvalue weighted by Crippen LogP contribution is 2.39. The number of primary amides is 1. The number of benzene rings is 1. The van der Waals surface area contributed by atoms with Gasteiger partial charge in [0.05, 0.1) is 40.0 Å². The second-order valence-corrected chi connectivity index (χ2v) is 6.95. The van der Waals surface area contributed by atoms with Crippen LogP contribution in [0.2, 0.25) is 10.0 Å². The van der Waals surface area contributed by atoms with Crippen LogP contribution in [-0.2, 0) is 4.74 Å². The number of ether oxygens (including phenoxy) is 1. The van der Waals surface area contributed by atoms with Gasteiger partial charge < -0.3 is 15.4 Å². The molecular weight excluding hydrogens is 387 g/mol. The highest BCUT2D eigenvalue weighted by molar-refractivity contribution is 6.44. The van der Waals surface area contributed by atoms with E-state index in [1.54, 1.807) is 18.5 Å². The standard InChI is InChI=1S/C19H16Cl2N4O2/c20-15-3-1-2-11(16(15)21)12-8-23-9-13-17(12)24-10-14(19(22)26)18(13)25-4-6-27-7-5-25/h1-3,8-10H,4-7H2,(H2,22,26). The molecule has 0 unspecified atom stereocenters. The maximum Gasteiger partial charge on any atom is 0.252 e. The fourth-order valence-corrected chi connectivity index (χ4v) is 3.72. The van der Waals surface area contributed by atoms with Crippen molar-refractivity contribution in [2.24, 2.45) is 5.73 Å². The molecule has 1 aliphatic rings. The van der Waals surface area contributed by atoms with E-state index in [2.05, 4.69) is 14.9 Å². The van der Waals surface area contributed by atoms with Crippen molar-refractivity contribution >= 4 is 45.7 Å². The number of rotatable bonds is 3. The molecule has 2 N–H and O–H groups in total. The van der Waals surface area contributed by atoms with Gasteiger partial charge in [0.1, 0.15) is 0 Å². The van der Waals surface area contributed by atoms with E-state index in [1.165, 1.54) is 6.20 Å². The Morgan fingerprint density at radius 1 is 1.11 bits per heavy atom. The molecule has 138 valence electrons. The van der Waals surface area contributed by atoms with Crippen LogP contribution in [0.5, 0.6) is 0 Å². The molecule has 3 aromatic rings. The lowest BCUT2D eigenvalue weighted by atomic mass is 10.0. The van der Waals surface area contributed by atoms with Crippen LogP contribution in [-0.4, -0.2) is 42.2 Å². The number of carbonyl (C=O) groups excluding carboxylic acids is 1. The molecule has 0 saturated carbocycles. The molecule has 1 fully saturated rings. The van der Waals surface area contributed by atoms with Gasteiger partial charge in [-0.2, -0.15) is 0 Å². The minimum Gasteiger partial charge on any atom is -0.378 e. The van der Waals surface area contributed by atoms with Gasteiger partial charge in [-0.3, -0.25) is 14.8 Å². The Hall–Kier alpha value is -2.41. The molecule has 0 atom stereocenters. The fraction of sp³-hybridized carbons (Fsp3) is 0.211. The number of morpholine rings is 1. The number of fused-ring (bicyclic) bond motifs is 1. The number of nitrogens with two attached hydrogens (primary N) is 1. The molecule has 0 bridgehead atoms. The number of aromatic nitrogens is 2. The van der Waals surface area contributed by atoms with E-state index in [0.717, 1.165) is 22.2 Å². The van der Waals surface area contributed by atoms with Gasteiger partial charge in [-0.15, -0.1) is 0 Å². The minimum atomic E-state index is -0.530. The molecule has 8 heteroatoms. The molecule has 3 heterocycles. The summed E-state index contributed by atoms with van der Waals surface area (Å²) in [7, 11) is 0. The van der Waals surface area contributed by atoms with Crippen LogP contribution in [0.4, 0.5) is 5.69 Å². The Labute approximate surface area is 165 Å². The molecule has 0 aliphatic carbocycles. The lowest BCUT2D eigenvalue weighted by Gasteiger charge is -2.31. The summed E-state index contributed by atoms with van der Waals surface area (Å²) in [5.41, 5.74) is 8.85. The maximum absolute atomic E-state index is 12.0. The van der Waals surface area contributed by atoms with E-state index in [4.69, 9.17) is 33.7 Å². The van der Waals surface area contributed by atoms with E-state index in [9.17, 15) is 4.79 Å². The molecule has 1 amide bonds.